The maximum atomic E-state index is 14.5. The number of anilines is 1. The van der Waals surface area contributed by atoms with Gasteiger partial charge in [0.25, 0.3) is 5.56 Å². The summed E-state index contributed by atoms with van der Waals surface area (Å²) in [4.78, 5) is 19.7. The van der Waals surface area contributed by atoms with E-state index < -0.39 is 5.82 Å². The Morgan fingerprint density at radius 3 is 2.48 bits per heavy atom. The average molecular weight is 417 g/mol. The van der Waals surface area contributed by atoms with Gasteiger partial charge in [-0.1, -0.05) is 6.07 Å². The van der Waals surface area contributed by atoms with Gasteiger partial charge >= 0.3 is 0 Å². The van der Waals surface area contributed by atoms with Crippen LogP contribution in [-0.2, 0) is 7.05 Å². The first kappa shape index (κ1) is 20.8. The number of hydrogen-bond acceptors (Lipinski definition) is 5. The molecule has 158 valence electrons. The summed E-state index contributed by atoms with van der Waals surface area (Å²) >= 11 is 0. The summed E-state index contributed by atoms with van der Waals surface area (Å²) in [7, 11) is 1.72. The number of rotatable bonds is 3. The number of nitrogens with zero attached hydrogens (tertiary/aromatic N) is 4. The van der Waals surface area contributed by atoms with Crippen molar-refractivity contribution in [2.24, 2.45) is 12.8 Å². The van der Waals surface area contributed by atoms with Crippen molar-refractivity contribution in [3.8, 4) is 28.5 Å². The molecular weight excluding hydrogens is 393 g/mol. The van der Waals surface area contributed by atoms with Crippen LogP contribution in [0.2, 0.25) is 0 Å². The van der Waals surface area contributed by atoms with E-state index in [1.807, 2.05) is 36.1 Å². The normalized spacial score (nSPS) is 14.5. The molecule has 0 saturated carbocycles. The molecule has 4 rings (SSSR count). The highest BCUT2D eigenvalue weighted by atomic mass is 19.1. The average Bonchev–Trinajstić information content (AvgIpc) is 2.77. The highest BCUT2D eigenvalue weighted by Gasteiger charge is 2.23. The number of pyridine rings is 2. The monoisotopic (exact) mass is 417 g/mol. The number of halogens is 1. The summed E-state index contributed by atoms with van der Waals surface area (Å²) in [6.07, 6.45) is 3.34. The number of aryl methyl sites for hydroxylation is 1. The van der Waals surface area contributed by atoms with Gasteiger partial charge in [-0.25, -0.2) is 4.39 Å². The smallest absolute Gasteiger partial charge is 0.274 e. The molecule has 2 N–H and O–H groups in total. The molecule has 0 bridgehead atoms. The Kier molecular flexibility index (Phi) is 5.57. The lowest BCUT2D eigenvalue weighted by Gasteiger charge is -2.32. The summed E-state index contributed by atoms with van der Waals surface area (Å²) in [5.74, 6) is -0.590. The second-order valence-electron chi connectivity index (χ2n) is 7.98. The molecule has 0 amide bonds. The number of nitriles is 1. The quantitative estimate of drug-likeness (QED) is 0.706. The van der Waals surface area contributed by atoms with Crippen LogP contribution in [0.5, 0.6) is 0 Å². The molecule has 1 aliphatic rings. The first-order chi connectivity index (χ1) is 14.9. The molecule has 0 unspecified atom stereocenters. The largest absolute Gasteiger partial charge is 0.367 e. The topological polar surface area (TPSA) is 87.9 Å². The Morgan fingerprint density at radius 1 is 1.16 bits per heavy atom. The molecule has 7 heteroatoms. The van der Waals surface area contributed by atoms with E-state index in [-0.39, 0.29) is 17.2 Å². The second kappa shape index (κ2) is 8.32. The van der Waals surface area contributed by atoms with Crippen molar-refractivity contribution in [1.29, 1.82) is 5.26 Å². The predicted molar refractivity (Wildman–Crippen MR) is 119 cm³/mol. The summed E-state index contributed by atoms with van der Waals surface area (Å²) in [5, 5.41) is 9.09. The van der Waals surface area contributed by atoms with E-state index in [1.165, 1.54) is 12.1 Å². The van der Waals surface area contributed by atoms with Crippen LogP contribution in [0.3, 0.4) is 0 Å². The molecule has 2 aromatic heterocycles. The number of hydrogen-bond donors (Lipinski definition) is 1. The van der Waals surface area contributed by atoms with Crippen LogP contribution in [0.25, 0.3) is 22.4 Å². The van der Waals surface area contributed by atoms with Gasteiger partial charge in [-0.2, -0.15) is 5.26 Å². The maximum absolute atomic E-state index is 14.5. The van der Waals surface area contributed by atoms with Gasteiger partial charge in [0.2, 0.25) is 0 Å². The minimum absolute atomic E-state index is 0.0163. The standard InChI is InChI=1S/C24H24FN5O/c1-15-3-4-18(14-28-15)23-20(16-5-6-17(13-26)21(25)11-16)12-22(24(31)29(23)2)30-9-7-19(27)8-10-30/h3-6,11-12,14,19H,7-10,27H2,1-2H3. The van der Waals surface area contributed by atoms with E-state index in [4.69, 9.17) is 11.0 Å². The zero-order valence-corrected chi connectivity index (χ0v) is 17.6. The van der Waals surface area contributed by atoms with Crippen LogP contribution in [0, 0.1) is 24.1 Å². The zero-order chi connectivity index (χ0) is 22.1. The van der Waals surface area contributed by atoms with Crippen LogP contribution in [-0.4, -0.2) is 28.7 Å². The fourth-order valence-electron chi connectivity index (χ4n) is 4.04. The lowest BCUT2D eigenvalue weighted by atomic mass is 9.97. The molecule has 3 aromatic rings. The van der Waals surface area contributed by atoms with Crippen molar-refractivity contribution in [2.75, 3.05) is 18.0 Å². The van der Waals surface area contributed by atoms with Crippen LogP contribution in [0.4, 0.5) is 10.1 Å². The minimum Gasteiger partial charge on any atom is -0.367 e. The molecule has 0 radical (unpaired) electrons. The van der Waals surface area contributed by atoms with E-state index in [0.717, 1.165) is 24.1 Å². The van der Waals surface area contributed by atoms with Gasteiger partial charge in [0.1, 0.15) is 17.6 Å². The summed E-state index contributed by atoms with van der Waals surface area (Å²) in [5.41, 5.74) is 10.0. The third kappa shape index (κ3) is 3.94. The molecule has 3 heterocycles. The molecule has 31 heavy (non-hydrogen) atoms. The van der Waals surface area contributed by atoms with Crippen molar-refractivity contribution in [1.82, 2.24) is 9.55 Å². The third-order valence-electron chi connectivity index (χ3n) is 5.86. The number of piperidine rings is 1. The van der Waals surface area contributed by atoms with Crippen LogP contribution in [0.15, 0.2) is 47.4 Å². The van der Waals surface area contributed by atoms with Crippen molar-refractivity contribution in [3.05, 3.63) is 70.0 Å². The zero-order valence-electron chi connectivity index (χ0n) is 17.6. The van der Waals surface area contributed by atoms with E-state index in [1.54, 1.807) is 23.9 Å². The summed E-state index contributed by atoms with van der Waals surface area (Å²) in [6, 6.07) is 12.1. The van der Waals surface area contributed by atoms with Crippen LogP contribution in [0.1, 0.15) is 24.1 Å². The summed E-state index contributed by atoms with van der Waals surface area (Å²) in [6.45, 7) is 3.29. The minimum atomic E-state index is -0.590. The molecule has 1 aliphatic heterocycles. The van der Waals surface area contributed by atoms with Crippen molar-refractivity contribution in [2.45, 2.75) is 25.8 Å². The van der Waals surface area contributed by atoms with Gasteiger partial charge in [-0.15, -0.1) is 0 Å². The van der Waals surface area contributed by atoms with Crippen molar-refractivity contribution >= 4 is 5.69 Å². The SMILES string of the molecule is Cc1ccc(-c2c(-c3ccc(C#N)c(F)c3)cc(N3CCC(N)CC3)c(=O)n2C)cn1. The first-order valence-corrected chi connectivity index (χ1v) is 10.3. The van der Waals surface area contributed by atoms with E-state index >= 15 is 0 Å². The molecule has 1 saturated heterocycles. The highest BCUT2D eigenvalue weighted by molar-refractivity contribution is 5.83. The maximum Gasteiger partial charge on any atom is 0.274 e. The number of benzene rings is 1. The lowest BCUT2D eigenvalue weighted by molar-refractivity contribution is 0.499. The lowest BCUT2D eigenvalue weighted by Crippen LogP contribution is -2.42. The molecule has 1 aromatic carbocycles. The fourth-order valence-corrected chi connectivity index (χ4v) is 4.04. The Bertz CT molecular complexity index is 1220. The van der Waals surface area contributed by atoms with Gasteiger partial charge < -0.3 is 15.2 Å². The Balaban J connectivity index is 1.95. The molecule has 1 fully saturated rings. The van der Waals surface area contributed by atoms with Gasteiger partial charge in [0, 0.05) is 49.2 Å². The Hall–Kier alpha value is -3.50. The van der Waals surface area contributed by atoms with Gasteiger partial charge in [0.15, 0.2) is 0 Å². The molecule has 0 spiro atoms. The van der Waals surface area contributed by atoms with Crippen LogP contribution >= 0.6 is 0 Å². The van der Waals surface area contributed by atoms with Gasteiger partial charge in [0.05, 0.1) is 11.3 Å². The van der Waals surface area contributed by atoms with E-state index in [0.29, 0.717) is 35.6 Å². The molecular formula is C24H24FN5O. The van der Waals surface area contributed by atoms with Crippen molar-refractivity contribution < 1.29 is 4.39 Å². The predicted octanol–water partition coefficient (Wildman–Crippen LogP) is 3.36. The van der Waals surface area contributed by atoms with Gasteiger partial charge in [-0.05, 0) is 55.7 Å². The third-order valence-corrected chi connectivity index (χ3v) is 5.86. The molecule has 0 aliphatic carbocycles. The highest BCUT2D eigenvalue weighted by Crippen LogP contribution is 2.34. The first-order valence-electron chi connectivity index (χ1n) is 10.3. The second-order valence-corrected chi connectivity index (χ2v) is 7.98. The van der Waals surface area contributed by atoms with Gasteiger partial charge in [-0.3, -0.25) is 9.78 Å². The van der Waals surface area contributed by atoms with E-state index in [2.05, 4.69) is 4.98 Å². The van der Waals surface area contributed by atoms with E-state index in [9.17, 15) is 9.18 Å². The molecule has 0 atom stereocenters. The fraction of sp³-hybridized carbons (Fsp3) is 0.292. The number of nitrogens with two attached hydrogens (primary N) is 1. The Morgan fingerprint density at radius 2 is 1.87 bits per heavy atom. The number of aromatic nitrogens is 2. The Labute approximate surface area is 180 Å². The summed E-state index contributed by atoms with van der Waals surface area (Å²) < 4.78 is 16.1. The van der Waals surface area contributed by atoms with Crippen LogP contribution < -0.4 is 16.2 Å². The van der Waals surface area contributed by atoms with Crippen molar-refractivity contribution in [3.63, 3.8) is 0 Å². The molecule has 6 nitrogen and oxygen atoms in total.